The third-order valence-electron chi connectivity index (χ3n) is 2.54. The second kappa shape index (κ2) is 15.5. The summed E-state index contributed by atoms with van der Waals surface area (Å²) >= 11 is 0. The van der Waals surface area contributed by atoms with Crippen LogP contribution in [0.1, 0.15) is 58.3 Å². The molecule has 0 aliphatic carbocycles. The maximum absolute atomic E-state index is 10.7. The Morgan fingerprint density at radius 3 is 2.18 bits per heavy atom. The van der Waals surface area contributed by atoms with Crippen molar-refractivity contribution in [1.82, 2.24) is 0 Å². The van der Waals surface area contributed by atoms with Crippen molar-refractivity contribution < 1.29 is 27.5 Å². The van der Waals surface area contributed by atoms with Gasteiger partial charge in [-0.3, -0.25) is 4.84 Å². The van der Waals surface area contributed by atoms with Crippen molar-refractivity contribution in [1.29, 1.82) is 0 Å². The average Bonchev–Trinajstić information content (AvgIpc) is 2.31. The van der Waals surface area contributed by atoms with Gasteiger partial charge in [0.2, 0.25) is 0 Å². The second-order valence-corrected chi connectivity index (χ2v) is 4.07. The molecule has 0 aliphatic rings. The summed E-state index contributed by atoms with van der Waals surface area (Å²) in [6.45, 7) is 6.42. The molecule has 0 amide bonds. The summed E-state index contributed by atoms with van der Waals surface area (Å²) in [7, 11) is 0. The Balaban J connectivity index is 0. The van der Waals surface area contributed by atoms with Gasteiger partial charge in [0, 0.05) is 12.5 Å². The zero-order valence-electron chi connectivity index (χ0n) is 10.9. The second-order valence-electron chi connectivity index (χ2n) is 4.07. The van der Waals surface area contributed by atoms with Crippen LogP contribution >= 0.6 is 0 Å². The molecule has 0 aromatic rings. The van der Waals surface area contributed by atoms with Crippen molar-refractivity contribution in [2.24, 2.45) is 0 Å². The van der Waals surface area contributed by atoms with Gasteiger partial charge in [-0.25, -0.2) is 4.79 Å². The highest BCUT2D eigenvalue weighted by Gasteiger charge is 1.98. The highest BCUT2D eigenvalue weighted by molar-refractivity contribution is 5.80. The fraction of sp³-hybridized carbons (Fsp3) is 0.769. The van der Waals surface area contributed by atoms with E-state index in [0.29, 0.717) is 0 Å². The maximum atomic E-state index is 10.7. The number of hydroxylamine groups is 1. The van der Waals surface area contributed by atoms with Crippen LogP contribution in [0.15, 0.2) is 12.7 Å². The summed E-state index contributed by atoms with van der Waals surface area (Å²) in [4.78, 5) is 15.4. The van der Waals surface area contributed by atoms with Gasteiger partial charge in [-0.05, 0) is 6.42 Å². The number of halogens is 1. The van der Waals surface area contributed by atoms with E-state index in [4.69, 9.17) is 4.84 Å². The van der Waals surface area contributed by atoms with Crippen LogP contribution in [-0.4, -0.2) is 12.5 Å². The van der Waals surface area contributed by atoms with Crippen molar-refractivity contribution in [2.45, 2.75) is 58.3 Å². The predicted molar refractivity (Wildman–Crippen MR) is 65.7 cm³/mol. The van der Waals surface area contributed by atoms with Crippen LogP contribution in [-0.2, 0) is 9.63 Å². The van der Waals surface area contributed by atoms with Crippen molar-refractivity contribution in [3.63, 3.8) is 0 Å². The van der Waals surface area contributed by atoms with E-state index in [1.165, 1.54) is 51.0 Å². The number of quaternary nitrogens is 1. The first-order valence-corrected chi connectivity index (χ1v) is 6.46. The highest BCUT2D eigenvalue weighted by atomic mass is 35.5. The molecule has 0 heterocycles. The van der Waals surface area contributed by atoms with Crippen LogP contribution in [0.3, 0.4) is 0 Å². The lowest BCUT2D eigenvalue weighted by molar-refractivity contribution is -0.871. The summed E-state index contributed by atoms with van der Waals surface area (Å²) < 4.78 is 0. The summed E-state index contributed by atoms with van der Waals surface area (Å²) in [5.74, 6) is -0.362. The molecule has 17 heavy (non-hydrogen) atoms. The molecular weight excluding hydrogens is 238 g/mol. The fourth-order valence-corrected chi connectivity index (χ4v) is 1.55. The first-order chi connectivity index (χ1) is 7.81. The lowest BCUT2D eigenvalue weighted by Gasteiger charge is -2.01. The summed E-state index contributed by atoms with van der Waals surface area (Å²) in [6.07, 6.45) is 11.6. The Morgan fingerprint density at radius 2 is 1.65 bits per heavy atom. The molecule has 3 nitrogen and oxygen atoms in total. The first-order valence-electron chi connectivity index (χ1n) is 6.46. The number of unbranched alkanes of at least 4 members (excludes halogenated alkanes) is 7. The molecular formula is C13H26ClNO2. The number of hydrogen-bond acceptors (Lipinski definition) is 2. The van der Waals surface area contributed by atoms with Gasteiger partial charge in [-0.1, -0.05) is 52.0 Å². The Kier molecular flexibility index (Phi) is 17.1. The number of rotatable bonds is 11. The van der Waals surface area contributed by atoms with Gasteiger partial charge < -0.3 is 12.4 Å². The van der Waals surface area contributed by atoms with Crippen LogP contribution in [0, 0.1) is 0 Å². The smallest absolute Gasteiger partial charge is 0.389 e. The molecule has 0 radical (unpaired) electrons. The number of nitrogens with two attached hydrogens (primary N) is 1. The molecule has 0 bridgehead atoms. The van der Waals surface area contributed by atoms with E-state index in [2.05, 4.69) is 13.5 Å². The quantitative estimate of drug-likeness (QED) is 0.306. The van der Waals surface area contributed by atoms with Crippen LogP contribution in [0.4, 0.5) is 0 Å². The molecule has 0 spiro atoms. The lowest BCUT2D eigenvalue weighted by Crippen LogP contribution is -3.00. The van der Waals surface area contributed by atoms with Gasteiger partial charge in [-0.2, -0.15) is 5.48 Å². The zero-order valence-corrected chi connectivity index (χ0v) is 11.7. The first kappa shape index (κ1) is 18.8. The molecule has 0 rings (SSSR count). The zero-order chi connectivity index (χ0) is 12.1. The average molecular weight is 264 g/mol. The molecule has 0 aromatic heterocycles. The van der Waals surface area contributed by atoms with E-state index < -0.39 is 0 Å². The van der Waals surface area contributed by atoms with Crippen molar-refractivity contribution >= 4 is 5.97 Å². The minimum Gasteiger partial charge on any atom is -1.00 e. The maximum Gasteiger partial charge on any atom is 0.389 e. The molecule has 0 saturated heterocycles. The van der Waals surface area contributed by atoms with Crippen molar-refractivity contribution in [2.75, 3.05) is 6.54 Å². The number of carbonyl (C=O) groups excluding carboxylic acids is 1. The largest absolute Gasteiger partial charge is 1.00 e. The van der Waals surface area contributed by atoms with E-state index in [9.17, 15) is 4.79 Å². The Labute approximate surface area is 111 Å². The van der Waals surface area contributed by atoms with Gasteiger partial charge in [0.25, 0.3) is 0 Å². The topological polar surface area (TPSA) is 42.9 Å². The van der Waals surface area contributed by atoms with Gasteiger partial charge in [0.1, 0.15) is 6.54 Å². The van der Waals surface area contributed by atoms with Crippen LogP contribution in [0.2, 0.25) is 0 Å². The standard InChI is InChI=1S/C13H25NO2.ClH/c1-3-5-6-7-8-9-10-11-12-14-16-13(15)4-2;/h4,14H,2-3,5-12H2,1H3;1H. The van der Waals surface area contributed by atoms with Crippen LogP contribution in [0.5, 0.6) is 0 Å². The third kappa shape index (κ3) is 15.5. The van der Waals surface area contributed by atoms with Gasteiger partial charge in [-0.15, -0.1) is 0 Å². The molecule has 0 aliphatic heterocycles. The highest BCUT2D eigenvalue weighted by Crippen LogP contribution is 2.07. The van der Waals surface area contributed by atoms with E-state index >= 15 is 0 Å². The fourth-order valence-electron chi connectivity index (χ4n) is 1.55. The normalized spacial score (nSPS) is 9.47. The minimum absolute atomic E-state index is 0. The Morgan fingerprint density at radius 1 is 1.12 bits per heavy atom. The summed E-state index contributed by atoms with van der Waals surface area (Å²) in [5.41, 5.74) is 1.58. The van der Waals surface area contributed by atoms with Crippen molar-refractivity contribution in [3.8, 4) is 0 Å². The molecule has 2 N–H and O–H groups in total. The SMILES string of the molecule is C=CC(=O)O[NH2+]CCCCCCCCCC.[Cl-]. The molecule has 0 aromatic carbocycles. The van der Waals surface area contributed by atoms with Crippen LogP contribution < -0.4 is 17.9 Å². The minimum atomic E-state index is -0.362. The number of carbonyl (C=O) groups is 1. The van der Waals surface area contributed by atoms with Gasteiger partial charge in [0.15, 0.2) is 0 Å². The lowest BCUT2D eigenvalue weighted by atomic mass is 10.1. The summed E-state index contributed by atoms with van der Waals surface area (Å²) in [6, 6.07) is 0. The van der Waals surface area contributed by atoms with Gasteiger partial charge in [0.05, 0.1) is 0 Å². The predicted octanol–water partition coefficient (Wildman–Crippen LogP) is -0.661. The Hall–Kier alpha value is -0.540. The third-order valence-corrected chi connectivity index (χ3v) is 2.54. The monoisotopic (exact) mass is 263 g/mol. The van der Waals surface area contributed by atoms with E-state index in [1.807, 2.05) is 0 Å². The summed E-state index contributed by atoms with van der Waals surface area (Å²) in [5, 5.41) is 0. The van der Waals surface area contributed by atoms with Crippen LogP contribution in [0.25, 0.3) is 0 Å². The molecule has 102 valence electrons. The molecule has 4 heteroatoms. The molecule has 0 saturated carbocycles. The van der Waals surface area contributed by atoms with E-state index in [1.54, 1.807) is 5.48 Å². The Bertz CT molecular complexity index is 186. The van der Waals surface area contributed by atoms with Gasteiger partial charge >= 0.3 is 5.97 Å². The molecule has 0 atom stereocenters. The van der Waals surface area contributed by atoms with E-state index in [-0.39, 0.29) is 18.4 Å². The molecule has 0 fully saturated rings. The van der Waals surface area contributed by atoms with E-state index in [0.717, 1.165) is 13.0 Å². The molecule has 0 unspecified atom stereocenters. The number of hydrogen-bond donors (Lipinski definition) is 1. The van der Waals surface area contributed by atoms with Crippen molar-refractivity contribution in [3.05, 3.63) is 12.7 Å².